The molecule has 1 atom stereocenters. The van der Waals surface area contributed by atoms with Gasteiger partial charge in [-0.15, -0.1) is 0 Å². The summed E-state index contributed by atoms with van der Waals surface area (Å²) in [5.41, 5.74) is 1.60. The number of hydrogen-bond acceptors (Lipinski definition) is 2. The average Bonchev–Trinajstić information content (AvgIpc) is 2.46. The smallest absolute Gasteiger partial charge is 0.311 e. The van der Waals surface area contributed by atoms with Crippen LogP contribution in [0, 0.1) is 0 Å². The Kier molecular flexibility index (Phi) is 4.64. The maximum Gasteiger partial charge on any atom is 0.311 e. The Morgan fingerprint density at radius 2 is 1.85 bits per heavy atom. The van der Waals surface area contributed by atoms with Crippen LogP contribution in [0.1, 0.15) is 17.0 Å². The van der Waals surface area contributed by atoms with Gasteiger partial charge in [0.05, 0.1) is 13.0 Å². The fraction of sp³-hybridized carbons (Fsp3) is 0.188. The van der Waals surface area contributed by atoms with Gasteiger partial charge in [-0.25, -0.2) is 0 Å². The predicted molar refractivity (Wildman–Crippen MR) is 78.5 cm³/mol. The number of benzene rings is 2. The molecule has 2 rings (SSSR count). The maximum atomic E-state index is 11.6. The molecule has 2 aromatic rings. The van der Waals surface area contributed by atoms with E-state index in [2.05, 4.69) is 0 Å². The van der Waals surface area contributed by atoms with Crippen molar-refractivity contribution in [2.75, 3.05) is 7.11 Å². The summed E-state index contributed by atoms with van der Waals surface area (Å²) in [4.78, 5) is 11.6. The normalized spacial score (nSPS) is 11.9. The molecule has 104 valence electrons. The molecule has 1 N–H and O–H groups in total. The minimum Gasteiger partial charge on any atom is -0.496 e. The van der Waals surface area contributed by atoms with Crippen LogP contribution in [0.15, 0.2) is 48.5 Å². The van der Waals surface area contributed by atoms with E-state index in [1.165, 1.54) is 0 Å². The minimum atomic E-state index is -0.871. The van der Waals surface area contributed by atoms with Gasteiger partial charge in [0.25, 0.3) is 0 Å². The molecule has 0 bridgehead atoms. The summed E-state index contributed by atoms with van der Waals surface area (Å²) in [6.45, 7) is 0. The summed E-state index contributed by atoms with van der Waals surface area (Å²) >= 11 is 5.84. The maximum absolute atomic E-state index is 11.6. The molecule has 0 amide bonds. The van der Waals surface area contributed by atoms with E-state index in [1.807, 2.05) is 24.3 Å². The Hall–Kier alpha value is -2.00. The van der Waals surface area contributed by atoms with Crippen molar-refractivity contribution in [2.45, 2.75) is 12.3 Å². The molecule has 20 heavy (non-hydrogen) atoms. The second-order valence-electron chi connectivity index (χ2n) is 4.46. The van der Waals surface area contributed by atoms with Crippen LogP contribution in [-0.4, -0.2) is 18.2 Å². The van der Waals surface area contributed by atoms with Crippen molar-refractivity contribution in [1.82, 2.24) is 0 Å². The summed E-state index contributed by atoms with van der Waals surface area (Å²) in [5, 5.41) is 10.1. The summed E-state index contributed by atoms with van der Waals surface area (Å²) in [5.74, 6) is -0.925. The van der Waals surface area contributed by atoms with Crippen molar-refractivity contribution >= 4 is 17.6 Å². The highest BCUT2D eigenvalue weighted by molar-refractivity contribution is 6.30. The van der Waals surface area contributed by atoms with Gasteiger partial charge in [0.1, 0.15) is 5.75 Å². The molecule has 0 aromatic heterocycles. The lowest BCUT2D eigenvalue weighted by Crippen LogP contribution is -2.15. The Balaban J connectivity index is 2.32. The van der Waals surface area contributed by atoms with E-state index in [1.54, 1.807) is 31.4 Å². The largest absolute Gasteiger partial charge is 0.496 e. The van der Waals surface area contributed by atoms with E-state index in [-0.39, 0.29) is 0 Å². The highest BCUT2D eigenvalue weighted by Crippen LogP contribution is 2.29. The van der Waals surface area contributed by atoms with Gasteiger partial charge in [0.15, 0.2) is 0 Å². The van der Waals surface area contributed by atoms with Crippen molar-refractivity contribution in [1.29, 1.82) is 0 Å². The number of hydrogen-bond donors (Lipinski definition) is 1. The zero-order valence-corrected chi connectivity index (χ0v) is 11.8. The lowest BCUT2D eigenvalue weighted by molar-refractivity contribution is -0.138. The SMILES string of the molecule is COc1ccccc1C(Cc1ccc(Cl)cc1)C(=O)O. The van der Waals surface area contributed by atoms with Gasteiger partial charge < -0.3 is 9.84 Å². The predicted octanol–water partition coefficient (Wildman–Crippen LogP) is 3.76. The summed E-state index contributed by atoms with van der Waals surface area (Å²) in [6.07, 6.45) is 0.396. The Morgan fingerprint density at radius 1 is 1.20 bits per heavy atom. The fourth-order valence-electron chi connectivity index (χ4n) is 2.14. The second kappa shape index (κ2) is 6.44. The zero-order chi connectivity index (χ0) is 14.5. The van der Waals surface area contributed by atoms with Crippen molar-refractivity contribution < 1.29 is 14.6 Å². The Labute approximate surface area is 122 Å². The molecule has 0 aliphatic carbocycles. The molecule has 3 nitrogen and oxygen atoms in total. The Morgan fingerprint density at radius 3 is 2.45 bits per heavy atom. The third-order valence-electron chi connectivity index (χ3n) is 3.17. The van der Waals surface area contributed by atoms with Gasteiger partial charge >= 0.3 is 5.97 Å². The molecular weight excluding hydrogens is 276 g/mol. The van der Waals surface area contributed by atoms with Crippen LogP contribution in [0.2, 0.25) is 5.02 Å². The molecule has 1 unspecified atom stereocenters. The van der Waals surface area contributed by atoms with Gasteiger partial charge in [0, 0.05) is 10.6 Å². The van der Waals surface area contributed by atoms with E-state index >= 15 is 0 Å². The fourth-order valence-corrected chi connectivity index (χ4v) is 2.27. The molecule has 0 aliphatic rings. The van der Waals surface area contributed by atoms with Crippen LogP contribution in [0.5, 0.6) is 5.75 Å². The Bertz CT molecular complexity index is 593. The van der Waals surface area contributed by atoms with Gasteiger partial charge in [-0.3, -0.25) is 4.79 Å². The number of ether oxygens (including phenoxy) is 1. The first-order valence-electron chi connectivity index (χ1n) is 6.22. The molecule has 0 heterocycles. The molecule has 0 saturated heterocycles. The van der Waals surface area contributed by atoms with Crippen molar-refractivity contribution in [3.05, 3.63) is 64.7 Å². The number of carbonyl (C=O) groups is 1. The molecular formula is C16H15ClO3. The van der Waals surface area contributed by atoms with E-state index in [0.29, 0.717) is 22.8 Å². The molecule has 0 fully saturated rings. The van der Waals surface area contributed by atoms with E-state index in [4.69, 9.17) is 16.3 Å². The number of aliphatic carboxylic acids is 1. The van der Waals surface area contributed by atoms with Crippen LogP contribution in [0.3, 0.4) is 0 Å². The summed E-state index contributed by atoms with van der Waals surface area (Å²) < 4.78 is 5.25. The van der Waals surface area contributed by atoms with Gasteiger partial charge in [-0.1, -0.05) is 41.9 Å². The van der Waals surface area contributed by atoms with Crippen molar-refractivity contribution in [2.24, 2.45) is 0 Å². The molecule has 0 aliphatic heterocycles. The second-order valence-corrected chi connectivity index (χ2v) is 4.90. The molecule has 0 saturated carbocycles. The highest BCUT2D eigenvalue weighted by Gasteiger charge is 2.23. The highest BCUT2D eigenvalue weighted by atomic mass is 35.5. The number of methoxy groups -OCH3 is 1. The van der Waals surface area contributed by atoms with Gasteiger partial charge in [-0.2, -0.15) is 0 Å². The first kappa shape index (κ1) is 14.4. The third kappa shape index (κ3) is 3.31. The number of carboxylic acids is 1. The molecule has 0 spiro atoms. The lowest BCUT2D eigenvalue weighted by Gasteiger charge is -2.16. The van der Waals surface area contributed by atoms with Crippen LogP contribution in [-0.2, 0) is 11.2 Å². The van der Waals surface area contributed by atoms with E-state index in [0.717, 1.165) is 5.56 Å². The first-order chi connectivity index (χ1) is 9.61. The quantitative estimate of drug-likeness (QED) is 0.912. The van der Waals surface area contributed by atoms with Crippen LogP contribution < -0.4 is 4.74 Å². The van der Waals surface area contributed by atoms with Crippen LogP contribution in [0.25, 0.3) is 0 Å². The van der Waals surface area contributed by atoms with E-state index in [9.17, 15) is 9.90 Å². The standard InChI is InChI=1S/C16H15ClO3/c1-20-15-5-3-2-4-13(15)14(16(18)19)10-11-6-8-12(17)9-7-11/h2-9,14H,10H2,1H3,(H,18,19). The monoisotopic (exact) mass is 290 g/mol. The number of para-hydroxylation sites is 1. The third-order valence-corrected chi connectivity index (χ3v) is 3.42. The molecule has 4 heteroatoms. The number of carboxylic acid groups (broad SMARTS) is 1. The van der Waals surface area contributed by atoms with Gasteiger partial charge in [0.2, 0.25) is 0 Å². The van der Waals surface area contributed by atoms with Crippen molar-refractivity contribution in [3.63, 3.8) is 0 Å². The van der Waals surface area contributed by atoms with Gasteiger partial charge in [-0.05, 0) is 30.2 Å². The first-order valence-corrected chi connectivity index (χ1v) is 6.59. The van der Waals surface area contributed by atoms with Crippen molar-refractivity contribution in [3.8, 4) is 5.75 Å². The summed E-state index contributed by atoms with van der Waals surface area (Å²) in [7, 11) is 1.54. The average molecular weight is 291 g/mol. The zero-order valence-electron chi connectivity index (χ0n) is 11.0. The molecule has 0 radical (unpaired) electrons. The topological polar surface area (TPSA) is 46.5 Å². The van der Waals surface area contributed by atoms with Crippen LogP contribution >= 0.6 is 11.6 Å². The molecule has 2 aromatic carbocycles. The summed E-state index contributed by atoms with van der Waals surface area (Å²) in [6, 6.07) is 14.4. The number of rotatable bonds is 5. The van der Waals surface area contributed by atoms with Crippen LogP contribution in [0.4, 0.5) is 0 Å². The lowest BCUT2D eigenvalue weighted by atomic mass is 9.91. The number of halogens is 1. The van der Waals surface area contributed by atoms with E-state index < -0.39 is 11.9 Å². The minimum absolute atomic E-state index is 0.396.